The fourth-order valence-corrected chi connectivity index (χ4v) is 3.46. The van der Waals surface area contributed by atoms with Crippen LogP contribution in [0.5, 0.6) is 0 Å². The lowest BCUT2D eigenvalue weighted by Gasteiger charge is -2.18. The molecule has 26 heavy (non-hydrogen) atoms. The summed E-state index contributed by atoms with van der Waals surface area (Å²) in [5.74, 6) is 1.37. The van der Waals surface area contributed by atoms with Crippen molar-refractivity contribution in [2.24, 2.45) is 0 Å². The first-order valence-electron chi connectivity index (χ1n) is 9.26. The highest BCUT2D eigenvalue weighted by molar-refractivity contribution is 5.74. The molecule has 1 fully saturated rings. The van der Waals surface area contributed by atoms with E-state index >= 15 is 0 Å². The van der Waals surface area contributed by atoms with E-state index in [0.717, 1.165) is 44.0 Å². The van der Waals surface area contributed by atoms with Gasteiger partial charge in [0.1, 0.15) is 5.82 Å². The Morgan fingerprint density at radius 3 is 2.92 bits per heavy atom. The van der Waals surface area contributed by atoms with E-state index in [4.69, 9.17) is 4.74 Å². The zero-order chi connectivity index (χ0) is 18.4. The molecule has 2 amide bonds. The van der Waals surface area contributed by atoms with Crippen molar-refractivity contribution in [1.82, 2.24) is 19.8 Å². The molecular weight excluding hydrogens is 328 g/mol. The quantitative estimate of drug-likeness (QED) is 0.776. The summed E-state index contributed by atoms with van der Waals surface area (Å²) in [6.07, 6.45) is 3.72. The number of ether oxygens (including phenoxy) is 1. The van der Waals surface area contributed by atoms with Gasteiger partial charge in [-0.2, -0.15) is 0 Å². The lowest BCUT2D eigenvalue weighted by Crippen LogP contribution is -2.39. The molecule has 1 unspecified atom stereocenters. The molecule has 6 nitrogen and oxygen atoms in total. The summed E-state index contributed by atoms with van der Waals surface area (Å²) in [7, 11) is 1.67. The summed E-state index contributed by atoms with van der Waals surface area (Å²) in [6, 6.07) is 10.4. The summed E-state index contributed by atoms with van der Waals surface area (Å²) in [4.78, 5) is 18.9. The molecule has 1 atom stereocenters. The van der Waals surface area contributed by atoms with Gasteiger partial charge in [-0.25, -0.2) is 9.78 Å². The number of likely N-dealkylation sites (tertiary alicyclic amines) is 1. The predicted octanol–water partition coefficient (Wildman–Crippen LogP) is 2.78. The second kappa shape index (κ2) is 8.85. The Morgan fingerprint density at radius 1 is 1.35 bits per heavy atom. The zero-order valence-corrected chi connectivity index (χ0v) is 15.6. The molecule has 0 radical (unpaired) electrons. The number of aromatic nitrogens is 2. The van der Waals surface area contributed by atoms with E-state index < -0.39 is 0 Å². The standard InChI is InChI=1S/C20H28N4O2/c1-16-13-22-19(24(16)14-17-7-4-3-5-8-17)18-9-11-23(15-18)20(25)21-10-6-12-26-2/h3-5,7-8,13,18H,6,9-12,14-15H2,1-2H3,(H,21,25). The van der Waals surface area contributed by atoms with Crippen molar-refractivity contribution in [3.8, 4) is 0 Å². The van der Waals surface area contributed by atoms with Gasteiger partial charge >= 0.3 is 6.03 Å². The number of nitrogens with one attached hydrogen (secondary N) is 1. The Bertz CT molecular complexity index is 714. The molecule has 1 aliphatic heterocycles. The molecule has 2 heterocycles. The van der Waals surface area contributed by atoms with Crippen LogP contribution in [0, 0.1) is 6.92 Å². The molecule has 1 aromatic heterocycles. The topological polar surface area (TPSA) is 59.4 Å². The molecule has 0 saturated carbocycles. The molecule has 1 aromatic carbocycles. The van der Waals surface area contributed by atoms with Gasteiger partial charge in [-0.3, -0.25) is 0 Å². The Hall–Kier alpha value is -2.34. The van der Waals surface area contributed by atoms with Crippen molar-refractivity contribution < 1.29 is 9.53 Å². The Labute approximate surface area is 155 Å². The Balaban J connectivity index is 1.61. The van der Waals surface area contributed by atoms with Gasteiger partial charge in [-0.05, 0) is 25.3 Å². The van der Waals surface area contributed by atoms with Gasteiger partial charge in [0.2, 0.25) is 0 Å². The molecule has 6 heteroatoms. The molecular formula is C20H28N4O2. The SMILES string of the molecule is COCCCNC(=O)N1CCC(c2ncc(C)n2Cc2ccccc2)C1. The third-order valence-electron chi connectivity index (χ3n) is 4.91. The van der Waals surface area contributed by atoms with Gasteiger partial charge in [0.05, 0.1) is 0 Å². The van der Waals surface area contributed by atoms with Crippen LogP contribution in [0.4, 0.5) is 4.79 Å². The van der Waals surface area contributed by atoms with Crippen molar-refractivity contribution in [2.75, 3.05) is 33.4 Å². The number of carbonyl (C=O) groups is 1. The number of carbonyl (C=O) groups excluding carboxylic acids is 1. The van der Waals surface area contributed by atoms with E-state index in [1.807, 2.05) is 17.2 Å². The number of hydrogen-bond donors (Lipinski definition) is 1. The highest BCUT2D eigenvalue weighted by Gasteiger charge is 2.30. The molecule has 140 valence electrons. The Kier molecular flexibility index (Phi) is 6.28. The molecule has 1 saturated heterocycles. The van der Waals surface area contributed by atoms with Crippen molar-refractivity contribution in [3.63, 3.8) is 0 Å². The highest BCUT2D eigenvalue weighted by Crippen LogP contribution is 2.27. The van der Waals surface area contributed by atoms with Crippen LogP contribution in [0.25, 0.3) is 0 Å². The molecule has 1 N–H and O–H groups in total. The maximum absolute atomic E-state index is 12.3. The molecule has 0 spiro atoms. The maximum atomic E-state index is 12.3. The molecule has 1 aliphatic rings. The smallest absolute Gasteiger partial charge is 0.317 e. The molecule has 0 bridgehead atoms. The zero-order valence-electron chi connectivity index (χ0n) is 15.6. The van der Waals surface area contributed by atoms with Crippen molar-refractivity contribution in [3.05, 3.63) is 53.6 Å². The van der Waals surface area contributed by atoms with E-state index in [2.05, 4.69) is 46.1 Å². The number of methoxy groups -OCH3 is 1. The van der Waals surface area contributed by atoms with E-state index in [0.29, 0.717) is 13.2 Å². The second-order valence-corrected chi connectivity index (χ2v) is 6.84. The summed E-state index contributed by atoms with van der Waals surface area (Å²) >= 11 is 0. The van der Waals surface area contributed by atoms with Crippen LogP contribution >= 0.6 is 0 Å². The summed E-state index contributed by atoms with van der Waals surface area (Å²) in [6.45, 7) is 5.73. The largest absolute Gasteiger partial charge is 0.385 e. The number of hydrogen-bond acceptors (Lipinski definition) is 3. The van der Waals surface area contributed by atoms with Crippen molar-refractivity contribution >= 4 is 6.03 Å². The first kappa shape index (κ1) is 18.5. The first-order chi connectivity index (χ1) is 12.7. The lowest BCUT2D eigenvalue weighted by molar-refractivity contribution is 0.188. The van der Waals surface area contributed by atoms with Crippen LogP contribution in [-0.2, 0) is 11.3 Å². The maximum Gasteiger partial charge on any atom is 0.317 e. The number of rotatable bonds is 7. The number of amides is 2. The van der Waals surface area contributed by atoms with Crippen molar-refractivity contribution in [1.29, 1.82) is 0 Å². The van der Waals surface area contributed by atoms with Crippen LogP contribution in [0.3, 0.4) is 0 Å². The van der Waals surface area contributed by atoms with Gasteiger partial charge in [-0.15, -0.1) is 0 Å². The van der Waals surface area contributed by atoms with E-state index in [1.165, 1.54) is 5.56 Å². The summed E-state index contributed by atoms with van der Waals surface area (Å²) < 4.78 is 7.29. The number of urea groups is 1. The summed E-state index contributed by atoms with van der Waals surface area (Å²) in [5, 5.41) is 2.97. The van der Waals surface area contributed by atoms with E-state index in [9.17, 15) is 4.79 Å². The number of nitrogens with zero attached hydrogens (tertiary/aromatic N) is 3. The minimum Gasteiger partial charge on any atom is -0.385 e. The third kappa shape index (κ3) is 4.43. The predicted molar refractivity (Wildman–Crippen MR) is 101 cm³/mol. The fraction of sp³-hybridized carbons (Fsp3) is 0.500. The third-order valence-corrected chi connectivity index (χ3v) is 4.91. The average Bonchev–Trinajstić information content (AvgIpc) is 3.27. The minimum atomic E-state index is 0.0153. The van der Waals surface area contributed by atoms with Crippen molar-refractivity contribution in [2.45, 2.75) is 32.2 Å². The van der Waals surface area contributed by atoms with Gasteiger partial charge in [0.15, 0.2) is 0 Å². The van der Waals surface area contributed by atoms with Gasteiger partial charge < -0.3 is 19.5 Å². The van der Waals surface area contributed by atoms with Gasteiger partial charge in [0.25, 0.3) is 0 Å². The monoisotopic (exact) mass is 356 g/mol. The second-order valence-electron chi connectivity index (χ2n) is 6.84. The first-order valence-corrected chi connectivity index (χ1v) is 9.26. The van der Waals surface area contributed by atoms with E-state index in [-0.39, 0.29) is 11.9 Å². The fourth-order valence-electron chi connectivity index (χ4n) is 3.46. The van der Waals surface area contributed by atoms with Crippen LogP contribution in [0.1, 0.15) is 35.8 Å². The average molecular weight is 356 g/mol. The summed E-state index contributed by atoms with van der Waals surface area (Å²) in [5.41, 5.74) is 2.42. The van der Waals surface area contributed by atoms with Gasteiger partial charge in [-0.1, -0.05) is 30.3 Å². The number of aryl methyl sites for hydroxylation is 1. The molecule has 2 aromatic rings. The van der Waals surface area contributed by atoms with Gasteiger partial charge in [0, 0.05) is 57.7 Å². The number of benzene rings is 1. The number of imidazole rings is 1. The molecule has 3 rings (SSSR count). The van der Waals surface area contributed by atoms with E-state index in [1.54, 1.807) is 7.11 Å². The molecule has 0 aliphatic carbocycles. The van der Waals surface area contributed by atoms with Crippen LogP contribution < -0.4 is 5.32 Å². The normalized spacial score (nSPS) is 16.8. The minimum absolute atomic E-state index is 0.0153. The Morgan fingerprint density at radius 2 is 2.15 bits per heavy atom. The van der Waals surface area contributed by atoms with Crippen LogP contribution in [0.2, 0.25) is 0 Å². The lowest BCUT2D eigenvalue weighted by atomic mass is 10.1. The highest BCUT2D eigenvalue weighted by atomic mass is 16.5. The van der Waals surface area contributed by atoms with Crippen LogP contribution in [-0.4, -0.2) is 53.8 Å². The van der Waals surface area contributed by atoms with Crippen LogP contribution in [0.15, 0.2) is 36.5 Å².